The van der Waals surface area contributed by atoms with Gasteiger partial charge >= 0.3 is 0 Å². The van der Waals surface area contributed by atoms with Crippen LogP contribution in [0.4, 0.5) is 4.39 Å². The topological polar surface area (TPSA) is 26.0 Å². The summed E-state index contributed by atoms with van der Waals surface area (Å²) in [6, 6.07) is 9.68. The van der Waals surface area contributed by atoms with E-state index in [4.69, 9.17) is 28.9 Å². The van der Waals surface area contributed by atoms with E-state index in [0.717, 1.165) is 9.79 Å². The molecule has 0 spiro atoms. The molecule has 100 valence electrons. The van der Waals surface area contributed by atoms with Crippen molar-refractivity contribution in [2.24, 2.45) is 5.73 Å². The fourth-order valence-corrected chi connectivity index (χ4v) is 3.32. The summed E-state index contributed by atoms with van der Waals surface area (Å²) in [5.41, 5.74) is 6.31. The van der Waals surface area contributed by atoms with Crippen LogP contribution in [0.25, 0.3) is 0 Å². The normalized spacial score (nSPS) is 12.5. The van der Waals surface area contributed by atoms with Gasteiger partial charge in [0, 0.05) is 26.4 Å². The lowest BCUT2D eigenvalue weighted by atomic mass is 10.1. The molecule has 0 bridgehead atoms. The van der Waals surface area contributed by atoms with Gasteiger partial charge in [0.2, 0.25) is 0 Å². The fraction of sp³-hybridized carbons (Fsp3) is 0.143. The molecule has 2 aromatic carbocycles. The molecule has 19 heavy (non-hydrogen) atoms. The van der Waals surface area contributed by atoms with E-state index in [2.05, 4.69) is 0 Å². The average Bonchev–Trinajstić information content (AvgIpc) is 2.33. The van der Waals surface area contributed by atoms with E-state index in [1.807, 2.05) is 6.07 Å². The van der Waals surface area contributed by atoms with E-state index in [1.54, 1.807) is 31.2 Å². The van der Waals surface area contributed by atoms with Crippen LogP contribution in [0, 0.1) is 5.82 Å². The summed E-state index contributed by atoms with van der Waals surface area (Å²) >= 11 is 13.4. The van der Waals surface area contributed by atoms with Gasteiger partial charge < -0.3 is 5.73 Å². The number of hydrogen-bond donors (Lipinski definition) is 1. The predicted octanol–water partition coefficient (Wildman–Crippen LogP) is 5.30. The molecule has 1 nitrogen and oxygen atoms in total. The summed E-state index contributed by atoms with van der Waals surface area (Å²) < 4.78 is 13.8. The van der Waals surface area contributed by atoms with E-state index in [-0.39, 0.29) is 11.9 Å². The van der Waals surface area contributed by atoms with Gasteiger partial charge in [-0.2, -0.15) is 0 Å². The minimum Gasteiger partial charge on any atom is -0.324 e. The van der Waals surface area contributed by atoms with Crippen LogP contribution in [-0.2, 0) is 0 Å². The van der Waals surface area contributed by atoms with E-state index in [0.29, 0.717) is 15.6 Å². The Hall–Kier alpha value is -0.740. The minimum absolute atomic E-state index is 0.307. The number of halogens is 3. The van der Waals surface area contributed by atoms with E-state index in [1.165, 1.54) is 17.8 Å². The molecule has 0 fully saturated rings. The standard InChI is InChI=1S/C14H12Cl2FNS/c1-8(18)14-11(17)3-2-4-12(14)19-13-7-9(15)5-6-10(13)16/h2-8H,18H2,1H3. The third kappa shape index (κ3) is 3.42. The van der Waals surface area contributed by atoms with Crippen LogP contribution in [-0.4, -0.2) is 0 Å². The second-order valence-electron chi connectivity index (χ2n) is 4.12. The number of nitrogens with two attached hydrogens (primary N) is 1. The van der Waals surface area contributed by atoms with Gasteiger partial charge in [0.15, 0.2) is 0 Å². The molecular formula is C14H12Cl2FNS. The monoisotopic (exact) mass is 315 g/mol. The molecule has 0 heterocycles. The molecule has 0 aromatic heterocycles. The molecule has 2 aromatic rings. The lowest BCUT2D eigenvalue weighted by Crippen LogP contribution is -2.08. The van der Waals surface area contributed by atoms with Crippen LogP contribution in [0.2, 0.25) is 10.0 Å². The average molecular weight is 316 g/mol. The van der Waals surface area contributed by atoms with Crippen molar-refractivity contribution in [2.45, 2.75) is 22.8 Å². The van der Waals surface area contributed by atoms with Gasteiger partial charge in [0.25, 0.3) is 0 Å². The number of rotatable bonds is 3. The maximum absolute atomic E-state index is 13.8. The first kappa shape index (κ1) is 14.7. The zero-order valence-electron chi connectivity index (χ0n) is 10.2. The molecule has 1 atom stereocenters. The third-order valence-corrected chi connectivity index (χ3v) is 4.39. The maximum Gasteiger partial charge on any atom is 0.129 e. The summed E-state index contributed by atoms with van der Waals surface area (Å²) in [5.74, 6) is -0.307. The van der Waals surface area contributed by atoms with Gasteiger partial charge in [-0.15, -0.1) is 0 Å². The molecular weight excluding hydrogens is 304 g/mol. The lowest BCUT2D eigenvalue weighted by molar-refractivity contribution is 0.585. The lowest BCUT2D eigenvalue weighted by Gasteiger charge is -2.14. The molecule has 0 aliphatic heterocycles. The van der Waals surface area contributed by atoms with Crippen molar-refractivity contribution in [1.82, 2.24) is 0 Å². The molecule has 5 heteroatoms. The Morgan fingerprint density at radius 3 is 2.58 bits per heavy atom. The first-order valence-corrected chi connectivity index (χ1v) is 7.23. The molecule has 0 saturated heterocycles. The predicted molar refractivity (Wildman–Crippen MR) is 79.6 cm³/mol. The second kappa shape index (κ2) is 6.14. The first-order chi connectivity index (χ1) is 8.99. The van der Waals surface area contributed by atoms with Gasteiger partial charge in [0.1, 0.15) is 5.82 Å². The highest BCUT2D eigenvalue weighted by molar-refractivity contribution is 7.99. The molecule has 0 aliphatic carbocycles. The zero-order chi connectivity index (χ0) is 14.0. The van der Waals surface area contributed by atoms with Crippen molar-refractivity contribution in [2.75, 3.05) is 0 Å². The van der Waals surface area contributed by atoms with Crippen molar-refractivity contribution in [3.05, 3.63) is 57.8 Å². The quantitative estimate of drug-likeness (QED) is 0.831. The molecule has 0 radical (unpaired) electrons. The largest absolute Gasteiger partial charge is 0.324 e. The van der Waals surface area contributed by atoms with Gasteiger partial charge in [0.05, 0.1) is 5.02 Å². The van der Waals surface area contributed by atoms with Crippen LogP contribution < -0.4 is 5.73 Å². The van der Waals surface area contributed by atoms with Crippen molar-refractivity contribution in [1.29, 1.82) is 0 Å². The van der Waals surface area contributed by atoms with Gasteiger partial charge in [-0.25, -0.2) is 4.39 Å². The Labute approximate surface area is 125 Å². The van der Waals surface area contributed by atoms with Gasteiger partial charge in [-0.3, -0.25) is 0 Å². The summed E-state index contributed by atoms with van der Waals surface area (Å²) in [6.07, 6.45) is 0. The SMILES string of the molecule is CC(N)c1c(F)cccc1Sc1cc(Cl)ccc1Cl. The second-order valence-corrected chi connectivity index (χ2v) is 6.04. The summed E-state index contributed by atoms with van der Waals surface area (Å²) in [5, 5.41) is 1.17. The van der Waals surface area contributed by atoms with E-state index in [9.17, 15) is 4.39 Å². The summed E-state index contributed by atoms with van der Waals surface area (Å²) in [4.78, 5) is 1.53. The Kier molecular flexibility index (Phi) is 4.74. The van der Waals surface area contributed by atoms with Crippen molar-refractivity contribution < 1.29 is 4.39 Å². The fourth-order valence-electron chi connectivity index (χ4n) is 1.72. The molecule has 0 saturated carbocycles. The Bertz CT molecular complexity index is 602. The Morgan fingerprint density at radius 2 is 1.89 bits per heavy atom. The zero-order valence-corrected chi connectivity index (χ0v) is 12.5. The molecule has 2 rings (SSSR count). The van der Waals surface area contributed by atoms with Gasteiger partial charge in [-0.05, 0) is 37.3 Å². The Morgan fingerprint density at radius 1 is 1.16 bits per heavy atom. The third-order valence-electron chi connectivity index (χ3n) is 2.58. The molecule has 2 N–H and O–H groups in total. The van der Waals surface area contributed by atoms with E-state index >= 15 is 0 Å². The summed E-state index contributed by atoms with van der Waals surface area (Å²) in [7, 11) is 0. The summed E-state index contributed by atoms with van der Waals surface area (Å²) in [6.45, 7) is 1.75. The van der Waals surface area contributed by atoms with E-state index < -0.39 is 0 Å². The van der Waals surface area contributed by atoms with Crippen LogP contribution in [0.3, 0.4) is 0 Å². The molecule has 1 unspecified atom stereocenters. The number of benzene rings is 2. The van der Waals surface area contributed by atoms with Crippen LogP contribution in [0.15, 0.2) is 46.2 Å². The number of hydrogen-bond acceptors (Lipinski definition) is 2. The highest BCUT2D eigenvalue weighted by atomic mass is 35.5. The minimum atomic E-state index is -0.387. The maximum atomic E-state index is 13.8. The van der Waals surface area contributed by atoms with Crippen molar-refractivity contribution in [3.63, 3.8) is 0 Å². The van der Waals surface area contributed by atoms with Crippen molar-refractivity contribution in [3.8, 4) is 0 Å². The Balaban J connectivity index is 2.44. The first-order valence-electron chi connectivity index (χ1n) is 5.66. The smallest absolute Gasteiger partial charge is 0.129 e. The van der Waals surface area contributed by atoms with Crippen molar-refractivity contribution >= 4 is 35.0 Å². The van der Waals surface area contributed by atoms with Crippen LogP contribution >= 0.6 is 35.0 Å². The molecule has 0 aliphatic rings. The highest BCUT2D eigenvalue weighted by Gasteiger charge is 2.14. The highest BCUT2D eigenvalue weighted by Crippen LogP contribution is 2.38. The van der Waals surface area contributed by atoms with Crippen LogP contribution in [0.5, 0.6) is 0 Å². The van der Waals surface area contributed by atoms with Gasteiger partial charge in [-0.1, -0.05) is 41.0 Å². The van der Waals surface area contributed by atoms with Crippen LogP contribution in [0.1, 0.15) is 18.5 Å². The molecule has 0 amide bonds.